The molecule has 0 aliphatic carbocycles. The number of rotatable bonds is 6. The third-order valence-corrected chi connectivity index (χ3v) is 7.35. The molecular formula is C22H25F6N3O3S. The van der Waals surface area contributed by atoms with Gasteiger partial charge < -0.3 is 5.11 Å². The monoisotopic (exact) mass is 525 g/mol. The summed E-state index contributed by atoms with van der Waals surface area (Å²) < 4.78 is 103. The molecule has 13 heteroatoms. The van der Waals surface area contributed by atoms with E-state index in [0.29, 0.717) is 68.1 Å². The van der Waals surface area contributed by atoms with Crippen LogP contribution in [0.5, 0.6) is 0 Å². The molecule has 0 atom stereocenters. The van der Waals surface area contributed by atoms with Crippen LogP contribution in [0.3, 0.4) is 0 Å². The predicted octanol–water partition coefficient (Wildman–Crippen LogP) is 3.70. The molecule has 1 fully saturated rings. The van der Waals surface area contributed by atoms with E-state index in [1.54, 1.807) is 0 Å². The standard InChI is InChI=1S/C22H25F6N3O3S/c1-3-15-12-18(14-30-8-10-31(11-9-30)35(2,33)34)29-13-19(15)16-4-6-17(7-5-16)20(32,21(23,24)25)22(26,27)28/h4-7,12-13,32H,3,8-11,14H2,1-2H3. The van der Waals surface area contributed by atoms with E-state index in [0.717, 1.165) is 24.0 Å². The van der Waals surface area contributed by atoms with Crippen molar-refractivity contribution < 1.29 is 39.9 Å². The number of piperazine rings is 1. The molecule has 6 nitrogen and oxygen atoms in total. The summed E-state index contributed by atoms with van der Waals surface area (Å²) in [5.41, 5.74) is -3.89. The lowest BCUT2D eigenvalue weighted by atomic mass is 9.90. The second-order valence-corrected chi connectivity index (χ2v) is 10.4. The van der Waals surface area contributed by atoms with Crippen LogP contribution in [0.1, 0.15) is 23.7 Å². The molecule has 0 amide bonds. The van der Waals surface area contributed by atoms with Crippen LogP contribution in [0.25, 0.3) is 11.1 Å². The van der Waals surface area contributed by atoms with E-state index in [9.17, 15) is 39.9 Å². The number of benzene rings is 1. The zero-order chi connectivity index (χ0) is 26.2. The van der Waals surface area contributed by atoms with Gasteiger partial charge in [-0.25, -0.2) is 8.42 Å². The molecule has 3 rings (SSSR count). The van der Waals surface area contributed by atoms with Crippen LogP contribution in [0.15, 0.2) is 36.5 Å². The van der Waals surface area contributed by atoms with Crippen LogP contribution in [-0.4, -0.2) is 72.5 Å². The molecule has 0 unspecified atom stereocenters. The molecule has 0 spiro atoms. The van der Waals surface area contributed by atoms with E-state index in [4.69, 9.17) is 0 Å². The van der Waals surface area contributed by atoms with Gasteiger partial charge in [-0.3, -0.25) is 9.88 Å². The number of nitrogens with zero attached hydrogens (tertiary/aromatic N) is 3. The summed E-state index contributed by atoms with van der Waals surface area (Å²) in [5.74, 6) is 0. The normalized spacial score (nSPS) is 17.1. The number of hydrogen-bond donors (Lipinski definition) is 1. The van der Waals surface area contributed by atoms with Gasteiger partial charge in [0.25, 0.3) is 5.60 Å². The second-order valence-electron chi connectivity index (χ2n) is 8.41. The Morgan fingerprint density at radius 3 is 1.97 bits per heavy atom. The SMILES string of the molecule is CCc1cc(CN2CCN(S(C)(=O)=O)CC2)ncc1-c1ccc(C(O)(C(F)(F)F)C(F)(F)F)cc1. The van der Waals surface area contributed by atoms with Crippen LogP contribution in [-0.2, 0) is 28.6 Å². The van der Waals surface area contributed by atoms with Crippen LogP contribution < -0.4 is 0 Å². The van der Waals surface area contributed by atoms with Crippen molar-refractivity contribution >= 4 is 10.0 Å². The van der Waals surface area contributed by atoms with Gasteiger partial charge in [0.05, 0.1) is 11.9 Å². The Labute approximate surface area is 199 Å². The van der Waals surface area contributed by atoms with E-state index in [1.807, 2.05) is 17.9 Å². The highest BCUT2D eigenvalue weighted by Gasteiger charge is 2.71. The molecule has 194 valence electrons. The lowest BCUT2D eigenvalue weighted by molar-refractivity contribution is -0.376. The minimum Gasteiger partial charge on any atom is -0.369 e. The third kappa shape index (κ3) is 5.63. The number of aliphatic hydroxyl groups is 1. The topological polar surface area (TPSA) is 73.7 Å². The third-order valence-electron chi connectivity index (χ3n) is 6.05. The quantitative estimate of drug-likeness (QED) is 0.583. The van der Waals surface area contributed by atoms with Gasteiger partial charge in [0, 0.05) is 50.0 Å². The van der Waals surface area contributed by atoms with Gasteiger partial charge in [0.15, 0.2) is 0 Å². The first kappa shape index (κ1) is 27.4. The Morgan fingerprint density at radius 2 is 1.51 bits per heavy atom. The highest BCUT2D eigenvalue weighted by molar-refractivity contribution is 7.88. The highest BCUT2D eigenvalue weighted by Crippen LogP contribution is 2.50. The number of aryl methyl sites for hydroxylation is 1. The Morgan fingerprint density at radius 1 is 0.971 bits per heavy atom. The largest absolute Gasteiger partial charge is 0.430 e. The van der Waals surface area contributed by atoms with Crippen molar-refractivity contribution in [2.24, 2.45) is 0 Å². The van der Waals surface area contributed by atoms with Crippen molar-refractivity contribution in [1.82, 2.24) is 14.2 Å². The van der Waals surface area contributed by atoms with E-state index in [-0.39, 0.29) is 0 Å². The number of hydrogen-bond acceptors (Lipinski definition) is 5. The fraction of sp³-hybridized carbons (Fsp3) is 0.500. The first-order valence-electron chi connectivity index (χ1n) is 10.7. The Balaban J connectivity index is 1.81. The van der Waals surface area contributed by atoms with Crippen LogP contribution >= 0.6 is 0 Å². The Hall–Kier alpha value is -2.22. The van der Waals surface area contributed by atoms with Gasteiger partial charge in [0.2, 0.25) is 10.0 Å². The van der Waals surface area contributed by atoms with Crippen LogP contribution in [0.4, 0.5) is 26.3 Å². The summed E-state index contributed by atoms with van der Waals surface area (Å²) in [7, 11) is -3.25. The van der Waals surface area contributed by atoms with E-state index in [1.165, 1.54) is 10.5 Å². The molecule has 1 aromatic carbocycles. The lowest BCUT2D eigenvalue weighted by Gasteiger charge is -2.33. The molecule has 1 aliphatic rings. The predicted molar refractivity (Wildman–Crippen MR) is 117 cm³/mol. The maximum absolute atomic E-state index is 13.1. The molecule has 2 aromatic rings. The summed E-state index contributed by atoms with van der Waals surface area (Å²) in [6.45, 7) is 4.11. The van der Waals surface area contributed by atoms with Crippen molar-refractivity contribution in [3.8, 4) is 11.1 Å². The fourth-order valence-electron chi connectivity index (χ4n) is 4.01. The molecule has 1 aromatic heterocycles. The van der Waals surface area contributed by atoms with Crippen molar-refractivity contribution in [1.29, 1.82) is 0 Å². The number of halogens is 6. The van der Waals surface area contributed by atoms with Crippen LogP contribution in [0.2, 0.25) is 0 Å². The van der Waals surface area contributed by atoms with Gasteiger partial charge in [-0.1, -0.05) is 31.2 Å². The van der Waals surface area contributed by atoms with Gasteiger partial charge in [-0.2, -0.15) is 30.6 Å². The second kappa shape index (κ2) is 9.68. The molecule has 0 bridgehead atoms. The summed E-state index contributed by atoms with van der Waals surface area (Å²) in [6, 6.07) is 5.24. The van der Waals surface area contributed by atoms with Crippen molar-refractivity contribution in [2.45, 2.75) is 37.8 Å². The first-order valence-corrected chi connectivity index (χ1v) is 12.5. The van der Waals surface area contributed by atoms with Gasteiger partial charge in [0.1, 0.15) is 0 Å². The first-order chi connectivity index (χ1) is 16.1. The molecule has 1 saturated heterocycles. The summed E-state index contributed by atoms with van der Waals surface area (Å²) in [5, 5.41) is 9.57. The number of alkyl halides is 6. The molecular weight excluding hydrogens is 500 g/mol. The fourth-order valence-corrected chi connectivity index (χ4v) is 4.84. The van der Waals surface area contributed by atoms with Gasteiger partial charge >= 0.3 is 12.4 Å². The van der Waals surface area contributed by atoms with E-state index in [2.05, 4.69) is 4.98 Å². The van der Waals surface area contributed by atoms with Gasteiger partial charge in [-0.05, 0) is 23.6 Å². The molecule has 1 aliphatic heterocycles. The number of aromatic nitrogens is 1. The summed E-state index contributed by atoms with van der Waals surface area (Å²) in [6.07, 6.45) is -8.69. The maximum atomic E-state index is 13.1. The molecule has 1 N–H and O–H groups in total. The van der Waals surface area contributed by atoms with Crippen molar-refractivity contribution in [3.05, 3.63) is 53.3 Å². The number of pyridine rings is 1. The number of sulfonamides is 1. The minimum absolute atomic E-state index is 0.359. The minimum atomic E-state index is -5.95. The summed E-state index contributed by atoms with van der Waals surface area (Å²) >= 11 is 0. The van der Waals surface area contributed by atoms with Crippen molar-refractivity contribution in [2.75, 3.05) is 32.4 Å². The lowest BCUT2D eigenvalue weighted by Crippen LogP contribution is -2.53. The van der Waals surface area contributed by atoms with Gasteiger partial charge in [-0.15, -0.1) is 0 Å². The summed E-state index contributed by atoms with van der Waals surface area (Å²) in [4.78, 5) is 6.44. The molecule has 2 heterocycles. The Kier molecular flexibility index (Phi) is 7.57. The zero-order valence-electron chi connectivity index (χ0n) is 19.0. The Bertz CT molecular complexity index is 1130. The van der Waals surface area contributed by atoms with Crippen molar-refractivity contribution in [3.63, 3.8) is 0 Å². The molecule has 0 radical (unpaired) electrons. The smallest absolute Gasteiger partial charge is 0.369 e. The molecule has 35 heavy (non-hydrogen) atoms. The average molecular weight is 526 g/mol. The highest BCUT2D eigenvalue weighted by atomic mass is 32.2. The van der Waals surface area contributed by atoms with E-state index >= 15 is 0 Å². The zero-order valence-corrected chi connectivity index (χ0v) is 19.8. The maximum Gasteiger partial charge on any atom is 0.430 e. The van der Waals surface area contributed by atoms with E-state index < -0.39 is 33.5 Å². The molecule has 0 saturated carbocycles. The van der Waals surface area contributed by atoms with Crippen LogP contribution in [0, 0.1) is 0 Å². The average Bonchev–Trinajstić information content (AvgIpc) is 2.77.